The summed E-state index contributed by atoms with van der Waals surface area (Å²) in [7, 11) is 0. The minimum atomic E-state index is -0.975. The second kappa shape index (κ2) is 6.07. The van der Waals surface area contributed by atoms with Crippen LogP contribution in [0.5, 0.6) is 0 Å². The van der Waals surface area contributed by atoms with E-state index < -0.39 is 17.8 Å². The monoisotopic (exact) mass is 393 g/mol. The van der Waals surface area contributed by atoms with Gasteiger partial charge >= 0.3 is 0 Å². The molecule has 1 aliphatic heterocycles. The molecule has 0 bridgehead atoms. The highest BCUT2D eigenvalue weighted by Gasteiger charge is 2.45. The van der Waals surface area contributed by atoms with Crippen molar-refractivity contribution in [3.05, 3.63) is 86.5 Å². The molecule has 3 heterocycles. The van der Waals surface area contributed by atoms with E-state index in [1.807, 2.05) is 0 Å². The zero-order valence-electron chi connectivity index (χ0n) is 14.5. The van der Waals surface area contributed by atoms with Crippen molar-refractivity contribution in [2.45, 2.75) is 13.0 Å². The van der Waals surface area contributed by atoms with Crippen LogP contribution in [0.15, 0.2) is 57.7 Å². The Balaban J connectivity index is 1.86. The van der Waals surface area contributed by atoms with Gasteiger partial charge in [-0.1, -0.05) is 41.7 Å². The number of anilines is 1. The molecule has 2 aromatic heterocycles. The van der Waals surface area contributed by atoms with Gasteiger partial charge in [0.1, 0.15) is 22.4 Å². The summed E-state index contributed by atoms with van der Waals surface area (Å²) in [6.07, 6.45) is 0. The zero-order chi connectivity index (χ0) is 19.4. The van der Waals surface area contributed by atoms with Gasteiger partial charge in [-0.05, 0) is 25.1 Å². The van der Waals surface area contributed by atoms with Gasteiger partial charge in [-0.15, -0.1) is 10.2 Å². The summed E-state index contributed by atoms with van der Waals surface area (Å²) >= 11 is 1.19. The number of hydrogen-bond donors (Lipinski definition) is 0. The predicted molar refractivity (Wildman–Crippen MR) is 102 cm³/mol. The van der Waals surface area contributed by atoms with Gasteiger partial charge in [0, 0.05) is 5.56 Å². The molecule has 8 heteroatoms. The van der Waals surface area contributed by atoms with Crippen LogP contribution >= 0.6 is 11.3 Å². The number of fused-ring (bicyclic) bond motifs is 2. The maximum Gasteiger partial charge on any atom is 0.297 e. The first-order chi connectivity index (χ1) is 13.6. The number of carbonyl (C=O) groups is 1. The van der Waals surface area contributed by atoms with E-state index in [1.165, 1.54) is 22.3 Å². The third-order valence-corrected chi connectivity index (χ3v) is 5.54. The average Bonchev–Trinajstić information content (AvgIpc) is 3.24. The fourth-order valence-electron chi connectivity index (χ4n) is 3.49. The van der Waals surface area contributed by atoms with Crippen LogP contribution in [0, 0.1) is 12.7 Å². The van der Waals surface area contributed by atoms with E-state index in [1.54, 1.807) is 49.4 Å². The lowest BCUT2D eigenvalue weighted by Crippen LogP contribution is -2.30. The summed E-state index contributed by atoms with van der Waals surface area (Å²) in [6.45, 7) is 1.75. The van der Waals surface area contributed by atoms with Crippen LogP contribution in [0.1, 0.15) is 32.7 Å². The van der Waals surface area contributed by atoms with Crippen molar-refractivity contribution in [1.82, 2.24) is 10.2 Å². The van der Waals surface area contributed by atoms with E-state index >= 15 is 0 Å². The summed E-state index contributed by atoms with van der Waals surface area (Å²) in [4.78, 5) is 27.7. The molecule has 1 unspecified atom stereocenters. The third-order valence-electron chi connectivity index (χ3n) is 4.70. The first-order valence-corrected chi connectivity index (χ1v) is 9.31. The van der Waals surface area contributed by atoms with Gasteiger partial charge in [0.05, 0.1) is 10.9 Å². The molecule has 2 aromatic carbocycles. The number of hydrogen-bond acceptors (Lipinski definition) is 6. The highest BCUT2D eigenvalue weighted by Crippen LogP contribution is 2.42. The highest BCUT2D eigenvalue weighted by molar-refractivity contribution is 7.15. The quantitative estimate of drug-likeness (QED) is 0.517. The third kappa shape index (κ3) is 2.31. The van der Waals surface area contributed by atoms with E-state index in [9.17, 15) is 14.0 Å². The molecule has 4 aromatic rings. The van der Waals surface area contributed by atoms with Crippen LogP contribution in [0.4, 0.5) is 9.52 Å². The van der Waals surface area contributed by atoms with Crippen LogP contribution in [-0.2, 0) is 0 Å². The van der Waals surface area contributed by atoms with Crippen molar-refractivity contribution in [2.24, 2.45) is 0 Å². The van der Waals surface area contributed by atoms with E-state index in [0.717, 1.165) is 0 Å². The van der Waals surface area contributed by atoms with Crippen molar-refractivity contribution < 1.29 is 13.6 Å². The average molecular weight is 393 g/mol. The van der Waals surface area contributed by atoms with Gasteiger partial charge in [0.25, 0.3) is 5.91 Å². The van der Waals surface area contributed by atoms with E-state index in [2.05, 4.69) is 10.2 Å². The Morgan fingerprint density at radius 2 is 1.82 bits per heavy atom. The number of halogens is 1. The van der Waals surface area contributed by atoms with Gasteiger partial charge in [0.2, 0.25) is 10.9 Å². The Bertz CT molecular complexity index is 1310. The number of rotatable bonds is 2. The number of para-hydroxylation sites is 1. The van der Waals surface area contributed by atoms with Crippen LogP contribution in [0.2, 0.25) is 0 Å². The van der Waals surface area contributed by atoms with Gasteiger partial charge in [0.15, 0.2) is 5.43 Å². The first kappa shape index (κ1) is 16.8. The number of benzene rings is 2. The standard InChI is InChI=1S/C20H12FN3O3S/c1-10-22-23-20(28-10)24-16(11-6-2-4-8-13(11)21)15-17(25)12-7-3-5-9-14(12)27-18(15)19(24)26/h2-9,16H,1H3. The lowest BCUT2D eigenvalue weighted by atomic mass is 9.98. The molecule has 0 N–H and O–H groups in total. The second-order valence-electron chi connectivity index (χ2n) is 6.37. The maximum atomic E-state index is 14.7. The molecular weight excluding hydrogens is 381 g/mol. The van der Waals surface area contributed by atoms with Gasteiger partial charge in [-0.2, -0.15) is 0 Å². The largest absolute Gasteiger partial charge is 0.450 e. The molecule has 0 saturated carbocycles. The topological polar surface area (TPSA) is 76.3 Å². The lowest BCUT2D eigenvalue weighted by Gasteiger charge is -2.22. The Labute approximate surface area is 161 Å². The van der Waals surface area contributed by atoms with E-state index in [4.69, 9.17) is 4.42 Å². The molecule has 0 fully saturated rings. The Kier molecular flexibility index (Phi) is 3.63. The summed E-state index contributed by atoms with van der Waals surface area (Å²) in [6, 6.07) is 11.8. The maximum absolute atomic E-state index is 14.7. The van der Waals surface area contributed by atoms with Crippen molar-refractivity contribution in [3.8, 4) is 0 Å². The number of aryl methyl sites for hydroxylation is 1. The Morgan fingerprint density at radius 3 is 2.57 bits per heavy atom. The van der Waals surface area contributed by atoms with E-state index in [0.29, 0.717) is 16.0 Å². The molecule has 138 valence electrons. The van der Waals surface area contributed by atoms with Crippen molar-refractivity contribution >= 4 is 33.3 Å². The van der Waals surface area contributed by atoms with Gasteiger partial charge < -0.3 is 4.42 Å². The predicted octanol–water partition coefficient (Wildman–Crippen LogP) is 3.84. The summed E-state index contributed by atoms with van der Waals surface area (Å²) in [5.74, 6) is -1.15. The summed E-state index contributed by atoms with van der Waals surface area (Å²) in [5, 5.41) is 9.27. The Hall–Kier alpha value is -3.39. The fourth-order valence-corrected chi connectivity index (χ4v) is 4.21. The molecule has 1 amide bonds. The number of carbonyl (C=O) groups excluding carboxylic acids is 1. The first-order valence-electron chi connectivity index (χ1n) is 8.50. The molecule has 28 heavy (non-hydrogen) atoms. The van der Waals surface area contributed by atoms with Crippen LogP contribution in [0.3, 0.4) is 0 Å². The highest BCUT2D eigenvalue weighted by atomic mass is 32.1. The molecule has 0 spiro atoms. The molecule has 5 rings (SSSR count). The molecular formula is C20H12FN3O3S. The van der Waals surface area contributed by atoms with Crippen LogP contribution in [-0.4, -0.2) is 16.1 Å². The smallest absolute Gasteiger partial charge is 0.297 e. The van der Waals surface area contributed by atoms with Crippen molar-refractivity contribution in [3.63, 3.8) is 0 Å². The number of nitrogens with zero attached hydrogens (tertiary/aromatic N) is 3. The van der Waals surface area contributed by atoms with Crippen LogP contribution < -0.4 is 10.3 Å². The van der Waals surface area contributed by atoms with E-state index in [-0.39, 0.29) is 27.4 Å². The van der Waals surface area contributed by atoms with Crippen molar-refractivity contribution in [1.29, 1.82) is 0 Å². The zero-order valence-corrected chi connectivity index (χ0v) is 15.4. The lowest BCUT2D eigenvalue weighted by molar-refractivity contribution is 0.0970. The normalized spacial score (nSPS) is 16.0. The molecule has 1 atom stereocenters. The minimum absolute atomic E-state index is 0.0928. The van der Waals surface area contributed by atoms with Gasteiger partial charge in [-0.3, -0.25) is 14.5 Å². The minimum Gasteiger partial charge on any atom is -0.450 e. The molecule has 6 nitrogen and oxygen atoms in total. The second-order valence-corrected chi connectivity index (χ2v) is 7.53. The van der Waals surface area contributed by atoms with Crippen molar-refractivity contribution in [2.75, 3.05) is 4.90 Å². The SMILES string of the molecule is Cc1nnc(N2C(=O)c3oc4ccccc4c(=O)c3C2c2ccccc2F)s1. The number of aromatic nitrogens is 2. The molecule has 0 radical (unpaired) electrons. The molecule has 0 saturated heterocycles. The van der Waals surface area contributed by atoms with Gasteiger partial charge in [-0.25, -0.2) is 4.39 Å². The Morgan fingerprint density at radius 1 is 1.07 bits per heavy atom. The fraction of sp³-hybridized carbons (Fsp3) is 0.100. The number of amides is 1. The molecule has 1 aliphatic rings. The summed E-state index contributed by atoms with van der Waals surface area (Å²) < 4.78 is 20.5. The van der Waals surface area contributed by atoms with Crippen LogP contribution in [0.25, 0.3) is 11.0 Å². The molecule has 0 aliphatic carbocycles. The summed E-state index contributed by atoms with van der Waals surface area (Å²) in [5.41, 5.74) is 0.260.